The molecule has 0 heterocycles. The van der Waals surface area contributed by atoms with Crippen molar-refractivity contribution < 1.29 is 9.47 Å². The third-order valence-corrected chi connectivity index (χ3v) is 2.38. The molecule has 0 bridgehead atoms. The van der Waals surface area contributed by atoms with Crippen molar-refractivity contribution in [3.05, 3.63) is 17.7 Å². The van der Waals surface area contributed by atoms with Gasteiger partial charge in [0.25, 0.3) is 0 Å². The van der Waals surface area contributed by atoms with Crippen LogP contribution in [0.4, 0.5) is 5.69 Å². The summed E-state index contributed by atoms with van der Waals surface area (Å²) >= 11 is 3.36. The molecule has 0 unspecified atom stereocenters. The summed E-state index contributed by atoms with van der Waals surface area (Å²) in [6, 6.07) is 3.62. The summed E-state index contributed by atoms with van der Waals surface area (Å²) in [5, 5.41) is 0.715. The zero-order valence-electron chi connectivity index (χ0n) is 7.63. The van der Waals surface area contributed by atoms with Crippen LogP contribution in [0.5, 0.6) is 11.5 Å². The Labute approximate surface area is 86.0 Å². The fraction of sp³-hybridized carbons (Fsp3) is 0.333. The molecule has 72 valence electrons. The van der Waals surface area contributed by atoms with Crippen LogP contribution in [0.15, 0.2) is 12.1 Å². The first-order valence-electron chi connectivity index (χ1n) is 3.79. The summed E-state index contributed by atoms with van der Waals surface area (Å²) in [6.45, 7) is 0. The molecule has 1 aromatic carbocycles. The van der Waals surface area contributed by atoms with Gasteiger partial charge in [-0.1, -0.05) is 15.9 Å². The minimum atomic E-state index is 0.587. The Morgan fingerprint density at radius 3 is 2.31 bits per heavy atom. The lowest BCUT2D eigenvalue weighted by Gasteiger charge is -2.10. The average Bonchev–Trinajstić information content (AvgIpc) is 2.17. The van der Waals surface area contributed by atoms with E-state index in [4.69, 9.17) is 15.2 Å². The Kier molecular flexibility index (Phi) is 3.42. The van der Waals surface area contributed by atoms with Crippen LogP contribution in [0, 0.1) is 0 Å². The van der Waals surface area contributed by atoms with Crippen LogP contribution in [0.3, 0.4) is 0 Å². The van der Waals surface area contributed by atoms with E-state index < -0.39 is 0 Å². The van der Waals surface area contributed by atoms with Crippen molar-refractivity contribution in [2.45, 2.75) is 5.33 Å². The number of halogens is 1. The number of rotatable bonds is 3. The quantitative estimate of drug-likeness (QED) is 0.656. The van der Waals surface area contributed by atoms with Gasteiger partial charge in [-0.2, -0.15) is 0 Å². The highest BCUT2D eigenvalue weighted by molar-refractivity contribution is 9.08. The minimum Gasteiger partial charge on any atom is -0.496 e. The zero-order chi connectivity index (χ0) is 9.84. The van der Waals surface area contributed by atoms with Crippen molar-refractivity contribution in [3.63, 3.8) is 0 Å². The molecule has 3 nitrogen and oxygen atoms in total. The molecule has 0 aliphatic heterocycles. The molecule has 0 amide bonds. The van der Waals surface area contributed by atoms with Gasteiger partial charge in [0, 0.05) is 17.0 Å². The van der Waals surface area contributed by atoms with E-state index in [0.717, 1.165) is 11.3 Å². The van der Waals surface area contributed by atoms with E-state index in [0.29, 0.717) is 16.8 Å². The molecule has 1 rings (SSSR count). The topological polar surface area (TPSA) is 44.5 Å². The highest BCUT2D eigenvalue weighted by Crippen LogP contribution is 2.31. The van der Waals surface area contributed by atoms with Gasteiger partial charge in [0.15, 0.2) is 0 Å². The predicted octanol–water partition coefficient (Wildman–Crippen LogP) is 2.18. The first kappa shape index (κ1) is 10.2. The Morgan fingerprint density at radius 1 is 1.23 bits per heavy atom. The molecule has 0 radical (unpaired) electrons. The maximum absolute atomic E-state index is 5.71. The highest BCUT2D eigenvalue weighted by Gasteiger charge is 2.07. The number of benzene rings is 1. The van der Waals surface area contributed by atoms with E-state index in [-0.39, 0.29) is 0 Å². The van der Waals surface area contributed by atoms with Crippen molar-refractivity contribution in [2.75, 3.05) is 20.0 Å². The first-order valence-corrected chi connectivity index (χ1v) is 4.91. The standard InChI is InChI=1S/C9H12BrNO2/c1-12-8-4-7(11)9(13-2)3-6(8)5-10/h3-4H,5,11H2,1-2H3. The Hall–Kier alpha value is -0.900. The van der Waals surface area contributed by atoms with Gasteiger partial charge in [0.05, 0.1) is 19.9 Å². The molecule has 0 atom stereocenters. The molecule has 1 aromatic rings. The number of alkyl halides is 1. The molecule has 0 saturated carbocycles. The monoisotopic (exact) mass is 245 g/mol. The van der Waals surface area contributed by atoms with Crippen LogP contribution in [0.25, 0.3) is 0 Å². The number of hydrogen-bond acceptors (Lipinski definition) is 3. The smallest absolute Gasteiger partial charge is 0.142 e. The second-order valence-electron chi connectivity index (χ2n) is 2.54. The van der Waals surface area contributed by atoms with E-state index in [1.807, 2.05) is 6.07 Å². The summed E-state index contributed by atoms with van der Waals surface area (Å²) in [6.07, 6.45) is 0. The Balaban J connectivity index is 3.18. The van der Waals surface area contributed by atoms with Gasteiger partial charge >= 0.3 is 0 Å². The van der Waals surface area contributed by atoms with Gasteiger partial charge in [0.2, 0.25) is 0 Å². The van der Waals surface area contributed by atoms with Crippen LogP contribution in [0.2, 0.25) is 0 Å². The second-order valence-corrected chi connectivity index (χ2v) is 3.10. The van der Waals surface area contributed by atoms with Gasteiger partial charge < -0.3 is 15.2 Å². The van der Waals surface area contributed by atoms with Crippen molar-refractivity contribution >= 4 is 21.6 Å². The minimum absolute atomic E-state index is 0.587. The van der Waals surface area contributed by atoms with Gasteiger partial charge in [-0.05, 0) is 6.07 Å². The zero-order valence-corrected chi connectivity index (χ0v) is 9.22. The summed E-state index contributed by atoms with van der Waals surface area (Å²) in [5.41, 5.74) is 7.32. The Bertz CT molecular complexity index is 302. The third kappa shape index (κ3) is 2.06. The first-order chi connectivity index (χ1) is 6.22. The summed E-state index contributed by atoms with van der Waals surface area (Å²) < 4.78 is 10.2. The van der Waals surface area contributed by atoms with Crippen LogP contribution in [-0.4, -0.2) is 14.2 Å². The van der Waals surface area contributed by atoms with E-state index in [1.165, 1.54) is 0 Å². The van der Waals surface area contributed by atoms with E-state index in [9.17, 15) is 0 Å². The van der Waals surface area contributed by atoms with Crippen molar-refractivity contribution in [2.24, 2.45) is 0 Å². The molecule has 4 heteroatoms. The second kappa shape index (κ2) is 4.37. The van der Waals surface area contributed by atoms with Crippen molar-refractivity contribution in [1.82, 2.24) is 0 Å². The molecule has 0 saturated heterocycles. The number of nitrogen functional groups attached to an aromatic ring is 1. The van der Waals surface area contributed by atoms with Gasteiger partial charge in [-0.25, -0.2) is 0 Å². The SMILES string of the molecule is COc1cc(CBr)c(OC)cc1N. The van der Waals surface area contributed by atoms with E-state index in [1.54, 1.807) is 20.3 Å². The highest BCUT2D eigenvalue weighted by atomic mass is 79.9. The third-order valence-electron chi connectivity index (χ3n) is 1.78. The number of methoxy groups -OCH3 is 2. The van der Waals surface area contributed by atoms with Crippen LogP contribution in [0.1, 0.15) is 5.56 Å². The van der Waals surface area contributed by atoms with Gasteiger partial charge in [-0.3, -0.25) is 0 Å². The lowest BCUT2D eigenvalue weighted by Crippen LogP contribution is -1.96. The van der Waals surface area contributed by atoms with Gasteiger partial charge in [0.1, 0.15) is 11.5 Å². The lowest BCUT2D eigenvalue weighted by atomic mass is 10.2. The normalized spacial score (nSPS) is 9.77. The molecule has 0 spiro atoms. The largest absolute Gasteiger partial charge is 0.496 e. The van der Waals surface area contributed by atoms with E-state index in [2.05, 4.69) is 15.9 Å². The van der Waals surface area contributed by atoms with Crippen LogP contribution in [-0.2, 0) is 5.33 Å². The number of hydrogen-bond donors (Lipinski definition) is 1. The number of nitrogens with two attached hydrogens (primary N) is 1. The molecule has 0 aliphatic rings. The summed E-state index contributed by atoms with van der Waals surface area (Å²) in [4.78, 5) is 0. The van der Waals surface area contributed by atoms with Crippen molar-refractivity contribution in [3.8, 4) is 11.5 Å². The summed E-state index contributed by atoms with van der Waals surface area (Å²) in [7, 11) is 3.21. The maximum Gasteiger partial charge on any atom is 0.142 e. The molecule has 0 fully saturated rings. The van der Waals surface area contributed by atoms with Crippen LogP contribution < -0.4 is 15.2 Å². The fourth-order valence-corrected chi connectivity index (χ4v) is 1.53. The molecular formula is C9H12BrNO2. The average molecular weight is 246 g/mol. The molecular weight excluding hydrogens is 234 g/mol. The molecule has 0 aliphatic carbocycles. The molecule has 0 aromatic heterocycles. The van der Waals surface area contributed by atoms with E-state index >= 15 is 0 Å². The Morgan fingerprint density at radius 2 is 1.85 bits per heavy atom. The number of anilines is 1. The molecule has 2 N–H and O–H groups in total. The lowest BCUT2D eigenvalue weighted by molar-refractivity contribution is 0.402. The fourth-order valence-electron chi connectivity index (χ4n) is 1.09. The predicted molar refractivity (Wildman–Crippen MR) is 56.6 cm³/mol. The van der Waals surface area contributed by atoms with Crippen LogP contribution >= 0.6 is 15.9 Å². The van der Waals surface area contributed by atoms with Gasteiger partial charge in [-0.15, -0.1) is 0 Å². The summed E-state index contributed by atoms with van der Waals surface area (Å²) in [5.74, 6) is 1.45. The number of ether oxygens (including phenoxy) is 2. The molecule has 13 heavy (non-hydrogen) atoms. The van der Waals surface area contributed by atoms with Crippen molar-refractivity contribution in [1.29, 1.82) is 0 Å². The maximum atomic E-state index is 5.71.